The lowest BCUT2D eigenvalue weighted by Crippen LogP contribution is -2.10. The number of nitrogens with zero attached hydrogens (tertiary/aromatic N) is 1. The second kappa shape index (κ2) is 9.83. The van der Waals surface area contributed by atoms with E-state index in [9.17, 15) is 0 Å². The highest BCUT2D eigenvalue weighted by Crippen LogP contribution is 2.49. The minimum Gasteiger partial charge on any atom is -0.456 e. The van der Waals surface area contributed by atoms with Crippen molar-refractivity contribution in [3.8, 4) is 11.1 Å². The molecule has 7 aromatic carbocycles. The number of furan rings is 2. The molecular weight excluding hydrogens is 583 g/mol. The molecular formula is C42H25NO2S. The number of hydrogen-bond donors (Lipinski definition) is 0. The van der Waals surface area contributed by atoms with Crippen LogP contribution in [0.4, 0.5) is 17.1 Å². The Hall–Kier alpha value is -5.84. The average Bonchev–Trinajstić information content (AvgIpc) is 3.80. The summed E-state index contributed by atoms with van der Waals surface area (Å²) in [6.07, 6.45) is 0. The van der Waals surface area contributed by atoms with E-state index in [0.29, 0.717) is 0 Å². The molecule has 0 amide bonds. The van der Waals surface area contributed by atoms with Crippen LogP contribution in [-0.4, -0.2) is 0 Å². The van der Waals surface area contributed by atoms with Gasteiger partial charge in [-0.15, -0.1) is 11.3 Å². The highest BCUT2D eigenvalue weighted by atomic mass is 32.1. The Bertz CT molecular complexity index is 2650. The number of hydrogen-bond acceptors (Lipinski definition) is 4. The topological polar surface area (TPSA) is 29.5 Å². The zero-order chi connectivity index (χ0) is 30.2. The number of thiophene rings is 1. The third-order valence-corrected chi connectivity index (χ3v) is 10.3. The predicted molar refractivity (Wildman–Crippen MR) is 194 cm³/mol. The van der Waals surface area contributed by atoms with Gasteiger partial charge in [-0.3, -0.25) is 0 Å². The number of fused-ring (bicyclic) bond motifs is 9. The molecule has 0 atom stereocenters. The minimum absolute atomic E-state index is 0.882. The van der Waals surface area contributed by atoms with Gasteiger partial charge in [-0.1, -0.05) is 91.0 Å². The molecule has 0 unspecified atom stereocenters. The Morgan fingerprint density at radius 1 is 0.435 bits per heavy atom. The first-order valence-electron chi connectivity index (χ1n) is 15.4. The molecule has 0 aliphatic heterocycles. The van der Waals surface area contributed by atoms with Crippen molar-refractivity contribution < 1.29 is 8.83 Å². The van der Waals surface area contributed by atoms with Crippen LogP contribution in [0, 0.1) is 0 Å². The number of anilines is 3. The molecule has 10 rings (SSSR count). The minimum atomic E-state index is 0.882. The molecule has 0 saturated carbocycles. The van der Waals surface area contributed by atoms with E-state index in [-0.39, 0.29) is 0 Å². The summed E-state index contributed by atoms with van der Waals surface area (Å²) in [6.45, 7) is 0. The smallest absolute Gasteiger partial charge is 0.135 e. The van der Waals surface area contributed by atoms with Crippen molar-refractivity contribution >= 4 is 92.4 Å². The van der Waals surface area contributed by atoms with Crippen molar-refractivity contribution in [1.82, 2.24) is 0 Å². The maximum absolute atomic E-state index is 6.24. The Morgan fingerprint density at radius 2 is 0.978 bits per heavy atom. The van der Waals surface area contributed by atoms with Gasteiger partial charge in [-0.25, -0.2) is 0 Å². The maximum atomic E-state index is 6.24. The average molecular weight is 608 g/mol. The summed E-state index contributed by atoms with van der Waals surface area (Å²) in [5.74, 6) is 0. The van der Waals surface area contributed by atoms with Gasteiger partial charge < -0.3 is 13.7 Å². The number of rotatable bonds is 4. The zero-order valence-corrected chi connectivity index (χ0v) is 25.4. The molecule has 216 valence electrons. The molecule has 4 heteroatoms. The van der Waals surface area contributed by atoms with Gasteiger partial charge in [0, 0.05) is 48.4 Å². The van der Waals surface area contributed by atoms with Crippen molar-refractivity contribution in [2.45, 2.75) is 0 Å². The molecule has 0 fully saturated rings. The lowest BCUT2D eigenvalue weighted by Gasteiger charge is -2.27. The van der Waals surface area contributed by atoms with Crippen LogP contribution in [0.2, 0.25) is 0 Å². The Balaban J connectivity index is 1.30. The monoisotopic (exact) mass is 607 g/mol. The van der Waals surface area contributed by atoms with Gasteiger partial charge in [0.25, 0.3) is 0 Å². The van der Waals surface area contributed by atoms with E-state index in [1.165, 1.54) is 31.3 Å². The molecule has 3 heterocycles. The second-order valence-corrected chi connectivity index (χ2v) is 12.7. The zero-order valence-electron chi connectivity index (χ0n) is 24.6. The Morgan fingerprint density at radius 3 is 1.63 bits per heavy atom. The Labute approximate surface area is 268 Å². The van der Waals surface area contributed by atoms with Crippen molar-refractivity contribution in [2.75, 3.05) is 4.90 Å². The van der Waals surface area contributed by atoms with Gasteiger partial charge in [-0.05, 0) is 71.8 Å². The lowest BCUT2D eigenvalue weighted by atomic mass is 9.98. The third-order valence-electron chi connectivity index (χ3n) is 9.07. The summed E-state index contributed by atoms with van der Waals surface area (Å²) in [5.41, 5.74) is 9.28. The van der Waals surface area contributed by atoms with Gasteiger partial charge in [0.05, 0.1) is 10.4 Å². The second-order valence-electron chi connectivity index (χ2n) is 11.7. The van der Waals surface area contributed by atoms with E-state index in [2.05, 4.69) is 132 Å². The molecule has 0 radical (unpaired) electrons. The quantitative estimate of drug-likeness (QED) is 0.199. The first-order valence-corrected chi connectivity index (χ1v) is 16.2. The number of para-hydroxylation sites is 2. The first-order chi connectivity index (χ1) is 22.8. The molecule has 0 spiro atoms. The van der Waals surface area contributed by atoms with Crippen LogP contribution in [0.3, 0.4) is 0 Å². The molecule has 0 bridgehead atoms. The molecule has 3 nitrogen and oxygen atoms in total. The van der Waals surface area contributed by atoms with Gasteiger partial charge >= 0.3 is 0 Å². The maximum Gasteiger partial charge on any atom is 0.135 e. The van der Waals surface area contributed by atoms with E-state index in [4.69, 9.17) is 8.83 Å². The van der Waals surface area contributed by atoms with E-state index >= 15 is 0 Å². The Kier molecular flexibility index (Phi) is 5.45. The molecule has 46 heavy (non-hydrogen) atoms. The molecule has 10 aromatic rings. The third kappa shape index (κ3) is 3.77. The van der Waals surface area contributed by atoms with Crippen LogP contribution >= 0.6 is 11.3 Å². The van der Waals surface area contributed by atoms with Crippen molar-refractivity contribution in [2.24, 2.45) is 0 Å². The van der Waals surface area contributed by atoms with Crippen LogP contribution in [0.25, 0.3) is 75.2 Å². The summed E-state index contributed by atoms with van der Waals surface area (Å²) in [6, 6.07) is 53.7. The van der Waals surface area contributed by atoms with Gasteiger partial charge in [0.15, 0.2) is 0 Å². The van der Waals surface area contributed by atoms with Crippen molar-refractivity contribution in [3.63, 3.8) is 0 Å². The summed E-state index contributed by atoms with van der Waals surface area (Å²) < 4.78 is 15.0. The first kappa shape index (κ1) is 25.5. The fourth-order valence-corrected chi connectivity index (χ4v) is 8.21. The SMILES string of the molecule is c1ccc(-c2ccc(N(c3ccc4oc5ccccc5c4c3)c3ccc4oc5ccccc5c4c3)c3sc4ccccc4c23)cc1. The predicted octanol–water partition coefficient (Wildman–Crippen LogP) is 13.0. The standard InChI is InChI=1S/C42H25NO2S/c1-2-10-26(11-3-1)29-20-21-35(42-41(29)32-14-6-9-17-40(32)46-42)43(27-18-22-38-33(24-27)30-12-4-7-15-36(30)44-38)28-19-23-39-34(25-28)31-13-5-8-16-37(31)45-39/h1-25H. The van der Waals surface area contributed by atoms with Crippen LogP contribution in [0.5, 0.6) is 0 Å². The summed E-state index contributed by atoms with van der Waals surface area (Å²) in [7, 11) is 0. The lowest BCUT2D eigenvalue weighted by molar-refractivity contribution is 0.668. The molecule has 0 N–H and O–H groups in total. The highest BCUT2D eigenvalue weighted by Gasteiger charge is 2.22. The number of benzene rings is 7. The summed E-state index contributed by atoms with van der Waals surface area (Å²) in [5, 5.41) is 6.97. The van der Waals surface area contributed by atoms with E-state index in [1.807, 2.05) is 35.6 Å². The van der Waals surface area contributed by atoms with Crippen LogP contribution in [0.15, 0.2) is 160 Å². The van der Waals surface area contributed by atoms with Gasteiger partial charge in [-0.2, -0.15) is 0 Å². The van der Waals surface area contributed by atoms with Crippen molar-refractivity contribution in [3.05, 3.63) is 152 Å². The molecule has 0 aliphatic rings. The largest absolute Gasteiger partial charge is 0.456 e. The molecule has 3 aromatic heterocycles. The van der Waals surface area contributed by atoms with Gasteiger partial charge in [0.1, 0.15) is 22.3 Å². The van der Waals surface area contributed by atoms with Crippen molar-refractivity contribution in [1.29, 1.82) is 0 Å². The van der Waals surface area contributed by atoms with E-state index in [1.54, 1.807) is 0 Å². The normalized spacial score (nSPS) is 11.9. The van der Waals surface area contributed by atoms with E-state index < -0.39 is 0 Å². The highest BCUT2D eigenvalue weighted by molar-refractivity contribution is 7.26. The van der Waals surface area contributed by atoms with E-state index in [0.717, 1.165) is 60.9 Å². The fraction of sp³-hybridized carbons (Fsp3) is 0. The molecule has 0 saturated heterocycles. The summed E-state index contributed by atoms with van der Waals surface area (Å²) in [4.78, 5) is 2.40. The fourth-order valence-electron chi connectivity index (χ4n) is 6.98. The van der Waals surface area contributed by atoms with Crippen LogP contribution in [0.1, 0.15) is 0 Å². The summed E-state index contributed by atoms with van der Waals surface area (Å²) >= 11 is 1.85. The molecule has 0 aliphatic carbocycles. The van der Waals surface area contributed by atoms with Crippen LogP contribution in [-0.2, 0) is 0 Å². The van der Waals surface area contributed by atoms with Gasteiger partial charge in [0.2, 0.25) is 0 Å². The van der Waals surface area contributed by atoms with Crippen LogP contribution < -0.4 is 4.90 Å².